The summed E-state index contributed by atoms with van der Waals surface area (Å²) < 4.78 is 5.86. The van der Waals surface area contributed by atoms with Crippen molar-refractivity contribution in [1.29, 1.82) is 0 Å². The summed E-state index contributed by atoms with van der Waals surface area (Å²) in [4.78, 5) is 17.4. The minimum atomic E-state index is 0.123. The Balaban J connectivity index is 1.32. The molecule has 2 aromatic carbocycles. The summed E-state index contributed by atoms with van der Waals surface area (Å²) >= 11 is 0. The molecule has 6 heteroatoms. The molecule has 2 saturated heterocycles. The van der Waals surface area contributed by atoms with Gasteiger partial charge in [-0.3, -0.25) is 9.69 Å². The summed E-state index contributed by atoms with van der Waals surface area (Å²) in [7, 11) is 0. The topological polar surface area (TPSA) is 62.5 Å². The van der Waals surface area contributed by atoms with Crippen LogP contribution in [0, 0.1) is 12.3 Å². The second kappa shape index (κ2) is 8.27. The fraction of sp³-hybridized carbons (Fsp3) is 0.400. The van der Waals surface area contributed by atoms with Gasteiger partial charge in [0.1, 0.15) is 0 Å². The van der Waals surface area contributed by atoms with E-state index in [1.165, 1.54) is 5.56 Å². The highest BCUT2D eigenvalue weighted by Crippen LogP contribution is 2.49. The third-order valence-corrected chi connectivity index (χ3v) is 6.79. The maximum Gasteiger partial charge on any atom is 0.253 e. The van der Waals surface area contributed by atoms with E-state index < -0.39 is 0 Å². The molecule has 6 nitrogen and oxygen atoms in total. The predicted octanol–water partition coefficient (Wildman–Crippen LogP) is 4.25. The van der Waals surface area contributed by atoms with Crippen LogP contribution >= 0.6 is 0 Å². The van der Waals surface area contributed by atoms with Crippen LogP contribution in [0.3, 0.4) is 0 Å². The van der Waals surface area contributed by atoms with Crippen molar-refractivity contribution in [2.45, 2.75) is 38.8 Å². The molecule has 0 radical (unpaired) electrons. The van der Waals surface area contributed by atoms with Crippen molar-refractivity contribution in [3.8, 4) is 0 Å². The number of amides is 1. The highest BCUT2D eigenvalue weighted by Gasteiger charge is 2.48. The minimum Gasteiger partial charge on any atom is -0.424 e. The number of likely N-dealkylation sites (tertiary alicyclic amines) is 2. The normalized spacial score (nSPS) is 20.9. The summed E-state index contributed by atoms with van der Waals surface area (Å²) in [6, 6.07) is 20.3. The molecule has 2 aliphatic rings. The molecule has 0 N–H and O–H groups in total. The Morgan fingerprint density at radius 3 is 2.35 bits per heavy atom. The van der Waals surface area contributed by atoms with Gasteiger partial charge < -0.3 is 9.32 Å². The second-order valence-electron chi connectivity index (χ2n) is 8.93. The molecule has 3 aromatic rings. The van der Waals surface area contributed by atoms with Gasteiger partial charge in [0.05, 0.1) is 6.04 Å². The lowest BCUT2D eigenvalue weighted by Crippen LogP contribution is -2.44. The first-order valence-corrected chi connectivity index (χ1v) is 11.0. The van der Waals surface area contributed by atoms with Gasteiger partial charge in [0.2, 0.25) is 11.8 Å². The standard InChI is InChI=1S/C25H28N4O2/c1-19-26-27-23(31-19)22-16-25(18-29(22)17-20-8-4-2-5-9-20)12-14-28(15-13-25)24(30)21-10-6-3-7-11-21/h2-11,22H,12-18H2,1H3. The van der Waals surface area contributed by atoms with Crippen molar-refractivity contribution < 1.29 is 9.21 Å². The van der Waals surface area contributed by atoms with E-state index >= 15 is 0 Å². The number of hydrogen-bond acceptors (Lipinski definition) is 5. The number of nitrogens with zero attached hydrogens (tertiary/aromatic N) is 4. The Labute approximate surface area is 182 Å². The largest absolute Gasteiger partial charge is 0.424 e. The number of rotatable bonds is 4. The molecule has 1 aromatic heterocycles. The number of piperidine rings is 1. The van der Waals surface area contributed by atoms with Gasteiger partial charge in [-0.25, -0.2) is 0 Å². The van der Waals surface area contributed by atoms with Crippen molar-refractivity contribution >= 4 is 5.91 Å². The van der Waals surface area contributed by atoms with Crippen LogP contribution in [0.1, 0.15) is 53.0 Å². The third kappa shape index (κ3) is 4.12. The van der Waals surface area contributed by atoms with Gasteiger partial charge in [-0.1, -0.05) is 48.5 Å². The van der Waals surface area contributed by atoms with E-state index in [-0.39, 0.29) is 17.4 Å². The zero-order valence-corrected chi connectivity index (χ0v) is 17.9. The number of aryl methyl sites for hydroxylation is 1. The van der Waals surface area contributed by atoms with Gasteiger partial charge in [0.25, 0.3) is 5.91 Å². The lowest BCUT2D eigenvalue weighted by molar-refractivity contribution is 0.0588. The van der Waals surface area contributed by atoms with Crippen LogP contribution in [0.5, 0.6) is 0 Å². The number of hydrogen-bond donors (Lipinski definition) is 0. The molecule has 5 rings (SSSR count). The first-order valence-electron chi connectivity index (χ1n) is 11.0. The zero-order chi connectivity index (χ0) is 21.3. The van der Waals surface area contributed by atoms with Crippen LogP contribution in [-0.4, -0.2) is 45.5 Å². The van der Waals surface area contributed by atoms with Crippen LogP contribution in [-0.2, 0) is 6.54 Å². The quantitative estimate of drug-likeness (QED) is 0.636. The molecule has 1 atom stereocenters. The summed E-state index contributed by atoms with van der Waals surface area (Å²) in [5, 5.41) is 8.44. The van der Waals surface area contributed by atoms with Crippen molar-refractivity contribution in [1.82, 2.24) is 20.0 Å². The monoisotopic (exact) mass is 416 g/mol. The Morgan fingerprint density at radius 1 is 1.03 bits per heavy atom. The van der Waals surface area contributed by atoms with Gasteiger partial charge in [0, 0.05) is 38.7 Å². The molecule has 1 spiro atoms. The molecule has 31 heavy (non-hydrogen) atoms. The number of benzene rings is 2. The van der Waals surface area contributed by atoms with E-state index in [0.29, 0.717) is 11.8 Å². The maximum absolute atomic E-state index is 12.9. The average Bonchev–Trinajstić information content (AvgIpc) is 3.39. The Morgan fingerprint density at radius 2 is 1.71 bits per heavy atom. The Bertz CT molecular complexity index is 1030. The van der Waals surface area contributed by atoms with E-state index in [9.17, 15) is 4.79 Å². The Hall–Kier alpha value is -2.99. The van der Waals surface area contributed by atoms with Crippen LogP contribution < -0.4 is 0 Å². The number of carbonyl (C=O) groups is 1. The van der Waals surface area contributed by atoms with Gasteiger partial charge >= 0.3 is 0 Å². The number of aromatic nitrogens is 2. The molecular weight excluding hydrogens is 388 g/mol. The summed E-state index contributed by atoms with van der Waals surface area (Å²) in [6.07, 6.45) is 3.00. The second-order valence-corrected chi connectivity index (χ2v) is 8.93. The van der Waals surface area contributed by atoms with Crippen molar-refractivity contribution in [3.05, 3.63) is 83.6 Å². The third-order valence-electron chi connectivity index (χ3n) is 6.79. The van der Waals surface area contributed by atoms with E-state index in [1.54, 1.807) is 0 Å². The molecular formula is C25H28N4O2. The van der Waals surface area contributed by atoms with Gasteiger partial charge in [-0.15, -0.1) is 10.2 Å². The smallest absolute Gasteiger partial charge is 0.253 e. The molecule has 160 valence electrons. The van der Waals surface area contributed by atoms with E-state index in [4.69, 9.17) is 4.42 Å². The highest BCUT2D eigenvalue weighted by molar-refractivity contribution is 5.94. The first kappa shape index (κ1) is 19.9. The first-order chi connectivity index (χ1) is 15.1. The van der Waals surface area contributed by atoms with Gasteiger partial charge in [-0.2, -0.15) is 0 Å². The van der Waals surface area contributed by atoms with E-state index in [0.717, 1.165) is 51.0 Å². The molecule has 1 amide bonds. The Kier molecular flexibility index (Phi) is 5.32. The highest BCUT2D eigenvalue weighted by atomic mass is 16.4. The van der Waals surface area contributed by atoms with Crippen molar-refractivity contribution in [3.63, 3.8) is 0 Å². The zero-order valence-electron chi connectivity index (χ0n) is 17.9. The van der Waals surface area contributed by atoms with Crippen LogP contribution in [0.4, 0.5) is 0 Å². The fourth-order valence-corrected chi connectivity index (χ4v) is 5.13. The number of carbonyl (C=O) groups excluding carboxylic acids is 1. The van der Waals surface area contributed by atoms with Crippen LogP contribution in [0.2, 0.25) is 0 Å². The fourth-order valence-electron chi connectivity index (χ4n) is 5.13. The minimum absolute atomic E-state index is 0.123. The lowest BCUT2D eigenvalue weighted by atomic mass is 9.76. The summed E-state index contributed by atoms with van der Waals surface area (Å²) in [6.45, 7) is 5.28. The van der Waals surface area contributed by atoms with Crippen LogP contribution in [0.25, 0.3) is 0 Å². The van der Waals surface area contributed by atoms with Crippen molar-refractivity contribution in [2.24, 2.45) is 5.41 Å². The lowest BCUT2D eigenvalue weighted by Gasteiger charge is -2.39. The molecule has 0 bridgehead atoms. The van der Waals surface area contributed by atoms with E-state index in [1.807, 2.05) is 48.2 Å². The van der Waals surface area contributed by atoms with Gasteiger partial charge in [-0.05, 0) is 42.4 Å². The molecule has 0 saturated carbocycles. The van der Waals surface area contributed by atoms with Crippen molar-refractivity contribution in [2.75, 3.05) is 19.6 Å². The molecule has 0 aliphatic carbocycles. The molecule has 2 aliphatic heterocycles. The summed E-state index contributed by atoms with van der Waals surface area (Å²) in [5.41, 5.74) is 2.24. The van der Waals surface area contributed by atoms with Gasteiger partial charge in [0.15, 0.2) is 0 Å². The van der Waals surface area contributed by atoms with Crippen LogP contribution in [0.15, 0.2) is 65.1 Å². The predicted molar refractivity (Wildman–Crippen MR) is 117 cm³/mol. The SMILES string of the molecule is Cc1nnc(C2CC3(CCN(C(=O)c4ccccc4)CC3)CN2Cc2ccccc2)o1. The molecule has 1 unspecified atom stereocenters. The maximum atomic E-state index is 12.9. The molecule has 2 fully saturated rings. The van der Waals surface area contributed by atoms with E-state index in [2.05, 4.69) is 39.4 Å². The summed E-state index contributed by atoms with van der Waals surface area (Å²) in [5.74, 6) is 1.46. The average molecular weight is 417 g/mol. The molecule has 3 heterocycles.